The lowest BCUT2D eigenvalue weighted by Gasteiger charge is -2.16. The average Bonchev–Trinajstić information content (AvgIpc) is 2.70. The third-order valence-corrected chi connectivity index (χ3v) is 4.16. The molecule has 1 atom stereocenters. The Hall–Kier alpha value is -2.70. The molecule has 1 unspecified atom stereocenters. The van der Waals surface area contributed by atoms with E-state index >= 15 is 0 Å². The van der Waals surface area contributed by atoms with Crippen molar-refractivity contribution in [3.63, 3.8) is 0 Å². The first-order valence-electron chi connectivity index (χ1n) is 8.96. The van der Waals surface area contributed by atoms with Gasteiger partial charge in [-0.25, -0.2) is 9.59 Å². The molecule has 2 rings (SSSR count). The van der Waals surface area contributed by atoms with Crippen LogP contribution in [-0.4, -0.2) is 11.9 Å². The monoisotopic (exact) mass is 384 g/mol. The first-order valence-corrected chi connectivity index (χ1v) is 8.96. The minimum Gasteiger partial charge on any atom is -0.289 e. The van der Waals surface area contributed by atoms with Gasteiger partial charge in [0.1, 0.15) is 0 Å². The van der Waals surface area contributed by atoms with Gasteiger partial charge >= 0.3 is 18.2 Å². The Kier molecular flexibility index (Phi) is 8.17. The maximum Gasteiger partial charge on any atom is 0.373 e. The van der Waals surface area contributed by atoms with Crippen LogP contribution in [0.5, 0.6) is 0 Å². The Balaban J connectivity index is 1.97. The zero-order valence-corrected chi connectivity index (χ0v) is 16.3. The first-order chi connectivity index (χ1) is 13.4. The van der Waals surface area contributed by atoms with E-state index in [1.807, 2.05) is 19.1 Å². The minimum absolute atomic E-state index is 0.0596. The number of hydrogen-bond donors (Lipinski definition) is 0. The molecule has 0 amide bonds. The van der Waals surface area contributed by atoms with Gasteiger partial charge in [0.05, 0.1) is 11.1 Å². The van der Waals surface area contributed by atoms with Crippen molar-refractivity contribution in [1.82, 2.24) is 0 Å². The second-order valence-corrected chi connectivity index (χ2v) is 6.51. The van der Waals surface area contributed by atoms with Crippen LogP contribution in [0.3, 0.4) is 0 Å². The summed E-state index contributed by atoms with van der Waals surface area (Å²) in [5.74, 6) is -1.29. The lowest BCUT2D eigenvalue weighted by atomic mass is 10.1. The number of benzene rings is 2. The maximum atomic E-state index is 12.2. The number of rotatable bonds is 9. The largest absolute Gasteiger partial charge is 0.373 e. The molecule has 0 saturated heterocycles. The lowest BCUT2D eigenvalue weighted by Crippen LogP contribution is -2.18. The van der Waals surface area contributed by atoms with E-state index in [1.54, 1.807) is 50.2 Å². The maximum absolute atomic E-state index is 12.2. The highest BCUT2D eigenvalue weighted by molar-refractivity contribution is 5.91. The minimum atomic E-state index is -0.674. The normalized spacial score (nSPS) is 11.9. The zero-order chi connectivity index (χ0) is 20.5. The Labute approximate surface area is 165 Å². The molecule has 0 aliphatic rings. The quantitative estimate of drug-likeness (QED) is 0.451. The molecule has 0 heterocycles. The van der Waals surface area contributed by atoms with Crippen LogP contribution in [0.15, 0.2) is 48.5 Å². The Morgan fingerprint density at radius 1 is 0.821 bits per heavy atom. The third-order valence-electron chi connectivity index (χ3n) is 4.16. The van der Waals surface area contributed by atoms with Gasteiger partial charge in [-0.05, 0) is 43.0 Å². The second-order valence-electron chi connectivity index (χ2n) is 6.51. The van der Waals surface area contributed by atoms with Gasteiger partial charge in [-0.1, -0.05) is 56.7 Å². The zero-order valence-electron chi connectivity index (χ0n) is 16.3. The summed E-state index contributed by atoms with van der Waals surface area (Å²) in [6, 6.07) is 13.9. The van der Waals surface area contributed by atoms with Crippen molar-refractivity contribution in [2.75, 3.05) is 0 Å². The van der Waals surface area contributed by atoms with E-state index < -0.39 is 11.9 Å². The topological polar surface area (TPSA) is 71.1 Å². The molecule has 0 aliphatic heterocycles. The average molecular weight is 384 g/mol. The van der Waals surface area contributed by atoms with Crippen LogP contribution in [0.4, 0.5) is 0 Å². The number of carbonyl (C=O) groups excluding carboxylic acids is 2. The number of carbonyl (C=O) groups is 2. The van der Waals surface area contributed by atoms with Gasteiger partial charge in [-0.2, -0.15) is 0 Å². The molecule has 2 aromatic carbocycles. The Morgan fingerprint density at radius 3 is 1.64 bits per heavy atom. The van der Waals surface area contributed by atoms with Gasteiger partial charge in [0.2, 0.25) is 0 Å². The smallest absolute Gasteiger partial charge is 0.289 e. The fraction of sp³-hybridized carbons (Fsp3) is 0.273. The van der Waals surface area contributed by atoms with Crippen molar-refractivity contribution in [2.45, 2.75) is 33.6 Å². The summed E-state index contributed by atoms with van der Waals surface area (Å²) >= 11 is 0. The highest BCUT2D eigenvalue weighted by atomic mass is 17.3. The summed E-state index contributed by atoms with van der Waals surface area (Å²) in [4.78, 5) is 44.2. The summed E-state index contributed by atoms with van der Waals surface area (Å²) in [5, 5.41) is 0. The second kappa shape index (κ2) is 10.6. The van der Waals surface area contributed by atoms with E-state index in [9.17, 15) is 9.59 Å². The molecular formula is C22H24O6. The summed E-state index contributed by atoms with van der Waals surface area (Å²) in [7, 11) is 0. The van der Waals surface area contributed by atoms with E-state index in [0.29, 0.717) is 17.5 Å². The van der Waals surface area contributed by atoms with Crippen molar-refractivity contribution in [1.29, 1.82) is 0 Å². The molecule has 0 aromatic heterocycles. The Morgan fingerprint density at radius 2 is 1.25 bits per heavy atom. The SMILES string of the molecule is [CH2]CC(C)C[C](OOC(=O)c1ccccc1C)OOC(=O)c1ccccc1C. The fourth-order valence-electron chi connectivity index (χ4n) is 2.33. The van der Waals surface area contributed by atoms with E-state index in [-0.39, 0.29) is 18.6 Å². The molecule has 0 bridgehead atoms. The molecule has 6 nitrogen and oxygen atoms in total. The van der Waals surface area contributed by atoms with Gasteiger partial charge in [-0.3, -0.25) is 9.78 Å². The first kappa shape index (κ1) is 21.6. The van der Waals surface area contributed by atoms with Crippen LogP contribution in [0.2, 0.25) is 0 Å². The highest BCUT2D eigenvalue weighted by Gasteiger charge is 2.24. The van der Waals surface area contributed by atoms with Crippen LogP contribution in [-0.2, 0) is 19.6 Å². The Bertz CT molecular complexity index is 740. The highest BCUT2D eigenvalue weighted by Crippen LogP contribution is 2.22. The molecule has 0 N–H and O–H groups in total. The molecular weight excluding hydrogens is 360 g/mol. The molecule has 2 aromatic rings. The summed E-state index contributed by atoms with van der Waals surface area (Å²) in [6.45, 7) is 9.28. The fourth-order valence-corrected chi connectivity index (χ4v) is 2.33. The van der Waals surface area contributed by atoms with Crippen molar-refractivity contribution < 1.29 is 29.1 Å². The predicted molar refractivity (Wildman–Crippen MR) is 102 cm³/mol. The molecule has 2 radical (unpaired) electrons. The lowest BCUT2D eigenvalue weighted by molar-refractivity contribution is -0.365. The molecule has 0 aliphatic carbocycles. The van der Waals surface area contributed by atoms with Gasteiger partial charge < -0.3 is 0 Å². The third kappa shape index (κ3) is 6.18. The van der Waals surface area contributed by atoms with Gasteiger partial charge in [0.25, 0.3) is 0 Å². The van der Waals surface area contributed by atoms with Crippen LogP contribution in [0, 0.1) is 33.0 Å². The van der Waals surface area contributed by atoms with Crippen LogP contribution < -0.4 is 0 Å². The van der Waals surface area contributed by atoms with Gasteiger partial charge in [0.15, 0.2) is 0 Å². The molecule has 148 valence electrons. The molecule has 6 heteroatoms. The van der Waals surface area contributed by atoms with E-state index in [2.05, 4.69) is 6.92 Å². The van der Waals surface area contributed by atoms with E-state index in [4.69, 9.17) is 19.6 Å². The molecule has 28 heavy (non-hydrogen) atoms. The summed E-state index contributed by atoms with van der Waals surface area (Å²) in [5.41, 5.74) is 2.22. The predicted octanol–water partition coefficient (Wildman–Crippen LogP) is 4.92. The molecule has 0 fully saturated rings. The van der Waals surface area contributed by atoms with Gasteiger partial charge in [-0.15, -0.1) is 9.78 Å². The summed E-state index contributed by atoms with van der Waals surface area (Å²) in [6.07, 6.45) is 0.694. The molecule has 0 spiro atoms. The van der Waals surface area contributed by atoms with E-state index in [0.717, 1.165) is 11.1 Å². The standard InChI is InChI=1S/C22H24O6/c1-5-15(2)14-20(25-27-21(23)18-12-8-6-10-16(18)3)26-28-22(24)19-13-9-7-11-17(19)4/h6-13,15H,1,5,14H2,2-4H3. The number of hydrogen-bond acceptors (Lipinski definition) is 6. The van der Waals surface area contributed by atoms with Crippen molar-refractivity contribution in [3.8, 4) is 0 Å². The van der Waals surface area contributed by atoms with Crippen molar-refractivity contribution in [3.05, 3.63) is 84.0 Å². The van der Waals surface area contributed by atoms with Crippen LogP contribution in [0.25, 0.3) is 0 Å². The van der Waals surface area contributed by atoms with Crippen LogP contribution >= 0.6 is 0 Å². The molecule has 0 saturated carbocycles. The summed E-state index contributed by atoms with van der Waals surface area (Å²) < 4.78 is 0. The van der Waals surface area contributed by atoms with E-state index in [1.165, 1.54) is 0 Å². The van der Waals surface area contributed by atoms with Crippen LogP contribution in [0.1, 0.15) is 51.6 Å². The number of aryl methyl sites for hydroxylation is 2. The van der Waals surface area contributed by atoms with Gasteiger partial charge in [0, 0.05) is 6.42 Å². The van der Waals surface area contributed by atoms with Crippen molar-refractivity contribution in [2.24, 2.45) is 5.92 Å². The van der Waals surface area contributed by atoms with Crippen molar-refractivity contribution >= 4 is 11.9 Å².